The highest BCUT2D eigenvalue weighted by Crippen LogP contribution is 2.42. The first-order valence-electron chi connectivity index (χ1n) is 7.47. The van der Waals surface area contributed by atoms with Gasteiger partial charge in [0.25, 0.3) is 5.91 Å². The molecule has 116 valence electrons. The molecular weight excluding hydrogens is 294 g/mol. The van der Waals surface area contributed by atoms with Crippen molar-refractivity contribution in [1.82, 2.24) is 9.88 Å². The molecule has 3 heterocycles. The zero-order valence-electron chi connectivity index (χ0n) is 12.4. The summed E-state index contributed by atoms with van der Waals surface area (Å²) < 4.78 is 5.62. The largest absolute Gasteiger partial charge is 0.436 e. The first kappa shape index (κ1) is 13.8. The van der Waals surface area contributed by atoms with Crippen molar-refractivity contribution in [2.75, 3.05) is 18.4 Å². The van der Waals surface area contributed by atoms with Gasteiger partial charge in [0.1, 0.15) is 0 Å². The van der Waals surface area contributed by atoms with Gasteiger partial charge in [-0.25, -0.2) is 4.79 Å². The molecule has 1 atom stereocenters. The lowest BCUT2D eigenvalue weighted by atomic mass is 9.90. The molecule has 2 amide bonds. The molecule has 6 nitrogen and oxygen atoms in total. The number of benzene rings is 1. The maximum atomic E-state index is 12.6. The normalized spacial score (nSPS) is 22.4. The topological polar surface area (TPSA) is 71.5 Å². The summed E-state index contributed by atoms with van der Waals surface area (Å²) in [7, 11) is 0. The first-order valence-corrected chi connectivity index (χ1v) is 7.47. The van der Waals surface area contributed by atoms with E-state index >= 15 is 0 Å². The van der Waals surface area contributed by atoms with Gasteiger partial charge in [-0.3, -0.25) is 15.1 Å². The number of anilines is 1. The van der Waals surface area contributed by atoms with Crippen molar-refractivity contribution in [2.45, 2.75) is 12.0 Å². The van der Waals surface area contributed by atoms with Crippen molar-refractivity contribution < 1.29 is 14.3 Å². The van der Waals surface area contributed by atoms with Gasteiger partial charge >= 0.3 is 6.09 Å². The third kappa shape index (κ3) is 2.23. The van der Waals surface area contributed by atoms with Crippen LogP contribution >= 0.6 is 0 Å². The van der Waals surface area contributed by atoms with Gasteiger partial charge in [0, 0.05) is 30.9 Å². The quantitative estimate of drug-likeness (QED) is 0.878. The highest BCUT2D eigenvalue weighted by Gasteiger charge is 2.48. The Morgan fingerprint density at radius 2 is 2.13 bits per heavy atom. The predicted octanol–water partition coefficient (Wildman–Crippen LogP) is 2.39. The molecule has 1 spiro atoms. The highest BCUT2D eigenvalue weighted by molar-refractivity contribution is 5.94. The van der Waals surface area contributed by atoms with Gasteiger partial charge < -0.3 is 9.64 Å². The van der Waals surface area contributed by atoms with Crippen LogP contribution in [-0.2, 0) is 10.3 Å². The van der Waals surface area contributed by atoms with Crippen molar-refractivity contribution >= 4 is 17.7 Å². The van der Waals surface area contributed by atoms with Gasteiger partial charge in [-0.1, -0.05) is 18.2 Å². The molecule has 23 heavy (non-hydrogen) atoms. The molecule has 1 aromatic carbocycles. The van der Waals surface area contributed by atoms with Crippen LogP contribution in [0.25, 0.3) is 0 Å². The monoisotopic (exact) mass is 309 g/mol. The third-order valence-corrected chi connectivity index (χ3v) is 4.37. The van der Waals surface area contributed by atoms with Crippen molar-refractivity contribution in [2.24, 2.45) is 0 Å². The Balaban J connectivity index is 1.65. The molecule has 2 aliphatic rings. The number of amides is 2. The fourth-order valence-electron chi connectivity index (χ4n) is 3.29. The number of pyridine rings is 1. The third-order valence-electron chi connectivity index (χ3n) is 4.37. The van der Waals surface area contributed by atoms with Crippen LogP contribution in [0.1, 0.15) is 22.3 Å². The van der Waals surface area contributed by atoms with Crippen LogP contribution in [0.4, 0.5) is 10.5 Å². The second-order valence-electron chi connectivity index (χ2n) is 5.77. The van der Waals surface area contributed by atoms with Crippen molar-refractivity contribution in [3.63, 3.8) is 0 Å². The Morgan fingerprint density at radius 3 is 2.96 bits per heavy atom. The van der Waals surface area contributed by atoms with E-state index in [1.165, 1.54) is 0 Å². The summed E-state index contributed by atoms with van der Waals surface area (Å²) in [5.41, 5.74) is 1.44. The number of aromatic nitrogens is 1. The van der Waals surface area contributed by atoms with E-state index in [4.69, 9.17) is 4.74 Å². The summed E-state index contributed by atoms with van der Waals surface area (Å²) in [6.07, 6.45) is 3.30. The van der Waals surface area contributed by atoms with Crippen LogP contribution in [0.3, 0.4) is 0 Å². The van der Waals surface area contributed by atoms with Crippen molar-refractivity contribution in [3.8, 4) is 0 Å². The minimum absolute atomic E-state index is 0.0953. The number of carbonyl (C=O) groups is 2. The molecule has 6 heteroatoms. The van der Waals surface area contributed by atoms with Gasteiger partial charge in [-0.05, 0) is 18.2 Å². The molecule has 1 N–H and O–H groups in total. The maximum absolute atomic E-state index is 12.6. The Bertz CT molecular complexity index is 778. The van der Waals surface area contributed by atoms with E-state index in [1.54, 1.807) is 29.4 Å². The van der Waals surface area contributed by atoms with E-state index in [0.717, 1.165) is 11.3 Å². The number of nitrogens with zero attached hydrogens (tertiary/aromatic N) is 2. The molecule has 2 aliphatic heterocycles. The van der Waals surface area contributed by atoms with Crippen molar-refractivity contribution in [3.05, 3.63) is 59.9 Å². The van der Waals surface area contributed by atoms with E-state index in [2.05, 4.69) is 10.3 Å². The SMILES string of the molecule is O=C1Nc2ccccc2C2(CCN(C(=O)c3cccnc3)C2)O1. The molecule has 1 saturated heterocycles. The van der Waals surface area contributed by atoms with E-state index in [-0.39, 0.29) is 5.91 Å². The Morgan fingerprint density at radius 1 is 1.26 bits per heavy atom. The number of fused-ring (bicyclic) bond motifs is 2. The number of ether oxygens (including phenoxy) is 1. The average Bonchev–Trinajstić information content (AvgIpc) is 2.99. The molecule has 0 bridgehead atoms. The summed E-state index contributed by atoms with van der Waals surface area (Å²) in [5.74, 6) is -0.0953. The van der Waals surface area contributed by atoms with Crippen LogP contribution in [0, 0.1) is 0 Å². The van der Waals surface area contributed by atoms with Gasteiger partial charge in [-0.2, -0.15) is 0 Å². The Labute approximate surface area is 133 Å². The number of nitrogens with one attached hydrogen (secondary N) is 1. The zero-order valence-corrected chi connectivity index (χ0v) is 12.4. The van der Waals surface area contributed by atoms with Gasteiger partial charge in [0.15, 0.2) is 5.60 Å². The smallest absolute Gasteiger partial charge is 0.412 e. The second kappa shape index (κ2) is 5.08. The number of likely N-dealkylation sites (tertiary alicyclic amines) is 1. The molecule has 0 aliphatic carbocycles. The lowest BCUT2D eigenvalue weighted by Gasteiger charge is -2.35. The molecule has 2 aromatic rings. The molecular formula is C17H15N3O3. The van der Waals surface area contributed by atoms with E-state index in [9.17, 15) is 9.59 Å². The molecule has 1 fully saturated rings. The number of rotatable bonds is 1. The summed E-state index contributed by atoms with van der Waals surface area (Å²) >= 11 is 0. The van der Waals surface area contributed by atoms with Crippen LogP contribution in [0.2, 0.25) is 0 Å². The highest BCUT2D eigenvalue weighted by atomic mass is 16.6. The van der Waals surface area contributed by atoms with Gasteiger partial charge in [0.2, 0.25) is 0 Å². The van der Waals surface area contributed by atoms with Crippen LogP contribution in [0.15, 0.2) is 48.8 Å². The van der Waals surface area contributed by atoms with Gasteiger partial charge in [0.05, 0.1) is 17.8 Å². The maximum Gasteiger partial charge on any atom is 0.412 e. The minimum Gasteiger partial charge on any atom is -0.436 e. The summed E-state index contributed by atoms with van der Waals surface area (Å²) in [4.78, 5) is 30.2. The molecule has 1 aromatic heterocycles. The van der Waals surface area contributed by atoms with Crippen LogP contribution in [0.5, 0.6) is 0 Å². The van der Waals surface area contributed by atoms with Crippen molar-refractivity contribution in [1.29, 1.82) is 0 Å². The number of carbonyl (C=O) groups excluding carboxylic acids is 2. The zero-order chi connectivity index (χ0) is 15.9. The number of hydrogen-bond donors (Lipinski definition) is 1. The second-order valence-corrected chi connectivity index (χ2v) is 5.77. The van der Waals surface area contributed by atoms with E-state index < -0.39 is 11.7 Å². The Hall–Kier alpha value is -2.89. The predicted molar refractivity (Wildman–Crippen MR) is 83.0 cm³/mol. The number of para-hydroxylation sites is 1. The summed E-state index contributed by atoms with van der Waals surface area (Å²) in [5, 5.41) is 2.71. The average molecular weight is 309 g/mol. The fourth-order valence-corrected chi connectivity index (χ4v) is 3.29. The molecule has 4 rings (SSSR count). The molecule has 0 saturated carbocycles. The van der Waals surface area contributed by atoms with E-state index in [1.807, 2.05) is 24.3 Å². The van der Waals surface area contributed by atoms with Crippen LogP contribution in [-0.4, -0.2) is 35.0 Å². The molecule has 1 unspecified atom stereocenters. The van der Waals surface area contributed by atoms with Gasteiger partial charge in [-0.15, -0.1) is 0 Å². The lowest BCUT2D eigenvalue weighted by Crippen LogP contribution is -2.42. The standard InChI is InChI=1S/C17H15N3O3/c21-15(12-4-3-8-18-10-12)20-9-7-17(11-20)13-5-1-2-6-14(13)19-16(22)23-17/h1-6,8,10H,7,9,11H2,(H,19,22). The lowest BCUT2D eigenvalue weighted by molar-refractivity contribution is 0.0184. The minimum atomic E-state index is -0.767. The number of hydrogen-bond acceptors (Lipinski definition) is 4. The fraction of sp³-hybridized carbons (Fsp3) is 0.235. The first-order chi connectivity index (χ1) is 11.2. The van der Waals surface area contributed by atoms with E-state index in [0.29, 0.717) is 25.1 Å². The summed E-state index contributed by atoms with van der Waals surface area (Å²) in [6, 6.07) is 11.0. The summed E-state index contributed by atoms with van der Waals surface area (Å²) in [6.45, 7) is 0.889. The molecule has 0 radical (unpaired) electrons. The Kier molecular flexibility index (Phi) is 3.04. The van der Waals surface area contributed by atoms with Crippen LogP contribution < -0.4 is 5.32 Å².